The number of nitrogens with zero attached hydrogens (tertiary/aromatic N) is 1. The molecule has 0 radical (unpaired) electrons. The molecule has 0 aromatic rings. The van der Waals surface area contributed by atoms with Gasteiger partial charge in [-0.05, 0) is 38.4 Å². The van der Waals surface area contributed by atoms with E-state index in [9.17, 15) is 0 Å². The van der Waals surface area contributed by atoms with E-state index >= 15 is 0 Å². The van der Waals surface area contributed by atoms with Crippen LogP contribution in [0.25, 0.3) is 0 Å². The lowest BCUT2D eigenvalue weighted by Gasteiger charge is -2.20. The van der Waals surface area contributed by atoms with Gasteiger partial charge in [-0.1, -0.05) is 20.8 Å². The SMILES string of the molecule is CC(C)CN(C)CCC(C)CN. The molecule has 1 atom stereocenters. The predicted octanol–water partition coefficient (Wildman–Crippen LogP) is 1.56. The lowest BCUT2D eigenvalue weighted by atomic mass is 10.1. The molecule has 1 unspecified atom stereocenters. The van der Waals surface area contributed by atoms with Crippen LogP contribution in [-0.2, 0) is 0 Å². The number of hydrogen-bond donors (Lipinski definition) is 1. The molecule has 0 saturated carbocycles. The van der Waals surface area contributed by atoms with Gasteiger partial charge in [0.15, 0.2) is 0 Å². The van der Waals surface area contributed by atoms with Crippen LogP contribution in [0, 0.1) is 11.8 Å². The number of hydrogen-bond acceptors (Lipinski definition) is 2. The molecule has 0 aromatic heterocycles. The summed E-state index contributed by atoms with van der Waals surface area (Å²) in [6.45, 7) is 9.90. The van der Waals surface area contributed by atoms with E-state index in [-0.39, 0.29) is 0 Å². The average Bonchev–Trinajstić information content (AvgIpc) is 1.99. The fourth-order valence-electron chi connectivity index (χ4n) is 1.27. The Labute approximate surface area is 77.1 Å². The molecule has 0 bridgehead atoms. The number of nitrogens with two attached hydrogens (primary N) is 1. The minimum Gasteiger partial charge on any atom is -0.330 e. The van der Waals surface area contributed by atoms with Crippen molar-refractivity contribution in [2.75, 3.05) is 26.7 Å². The van der Waals surface area contributed by atoms with Crippen LogP contribution in [0.1, 0.15) is 27.2 Å². The molecule has 2 N–H and O–H groups in total. The Kier molecular flexibility index (Phi) is 6.39. The molecular weight excluding hydrogens is 148 g/mol. The fourth-order valence-corrected chi connectivity index (χ4v) is 1.27. The largest absolute Gasteiger partial charge is 0.330 e. The third-order valence-corrected chi connectivity index (χ3v) is 2.08. The first-order valence-corrected chi connectivity index (χ1v) is 4.94. The lowest BCUT2D eigenvalue weighted by molar-refractivity contribution is 0.276. The minimum absolute atomic E-state index is 0.666. The Morgan fingerprint density at radius 3 is 2.25 bits per heavy atom. The van der Waals surface area contributed by atoms with Crippen LogP contribution in [0.3, 0.4) is 0 Å². The second-order valence-corrected chi connectivity index (χ2v) is 4.29. The van der Waals surface area contributed by atoms with E-state index in [2.05, 4.69) is 32.7 Å². The van der Waals surface area contributed by atoms with E-state index in [1.807, 2.05) is 0 Å². The molecule has 0 aromatic carbocycles. The van der Waals surface area contributed by atoms with Crippen molar-refractivity contribution < 1.29 is 0 Å². The Morgan fingerprint density at radius 1 is 1.25 bits per heavy atom. The summed E-state index contributed by atoms with van der Waals surface area (Å²) in [4.78, 5) is 2.39. The zero-order chi connectivity index (χ0) is 9.56. The van der Waals surface area contributed by atoms with Crippen molar-refractivity contribution in [2.24, 2.45) is 17.6 Å². The van der Waals surface area contributed by atoms with Crippen molar-refractivity contribution in [1.29, 1.82) is 0 Å². The zero-order valence-electron chi connectivity index (χ0n) is 9.01. The van der Waals surface area contributed by atoms with Gasteiger partial charge in [0.2, 0.25) is 0 Å². The summed E-state index contributed by atoms with van der Waals surface area (Å²) >= 11 is 0. The van der Waals surface area contributed by atoms with Crippen LogP contribution >= 0.6 is 0 Å². The molecule has 0 fully saturated rings. The smallest absolute Gasteiger partial charge is 0.000133 e. The third-order valence-electron chi connectivity index (χ3n) is 2.08. The highest BCUT2D eigenvalue weighted by atomic mass is 15.1. The van der Waals surface area contributed by atoms with Gasteiger partial charge in [0.25, 0.3) is 0 Å². The molecule has 0 amide bonds. The molecule has 0 rings (SSSR count). The summed E-state index contributed by atoms with van der Waals surface area (Å²) in [6.07, 6.45) is 1.22. The Balaban J connectivity index is 3.36. The first-order valence-electron chi connectivity index (χ1n) is 4.94. The number of rotatable bonds is 6. The van der Waals surface area contributed by atoms with E-state index in [1.165, 1.54) is 19.5 Å². The second kappa shape index (κ2) is 6.44. The van der Waals surface area contributed by atoms with E-state index in [0.29, 0.717) is 5.92 Å². The fraction of sp³-hybridized carbons (Fsp3) is 1.00. The molecule has 2 nitrogen and oxygen atoms in total. The van der Waals surface area contributed by atoms with Gasteiger partial charge >= 0.3 is 0 Å². The van der Waals surface area contributed by atoms with Crippen molar-refractivity contribution >= 4 is 0 Å². The maximum atomic E-state index is 5.54. The van der Waals surface area contributed by atoms with Gasteiger partial charge in [-0.3, -0.25) is 0 Å². The summed E-state index contributed by atoms with van der Waals surface area (Å²) in [5, 5.41) is 0. The molecular formula is C10H24N2. The van der Waals surface area contributed by atoms with Gasteiger partial charge in [-0.2, -0.15) is 0 Å². The summed E-state index contributed by atoms with van der Waals surface area (Å²) in [7, 11) is 2.18. The molecule has 0 aliphatic heterocycles. The zero-order valence-corrected chi connectivity index (χ0v) is 9.01. The van der Waals surface area contributed by atoms with Gasteiger partial charge in [-0.25, -0.2) is 0 Å². The van der Waals surface area contributed by atoms with Crippen molar-refractivity contribution in [2.45, 2.75) is 27.2 Å². The van der Waals surface area contributed by atoms with E-state index < -0.39 is 0 Å². The van der Waals surface area contributed by atoms with E-state index in [0.717, 1.165) is 12.5 Å². The van der Waals surface area contributed by atoms with Gasteiger partial charge in [0, 0.05) is 6.54 Å². The van der Waals surface area contributed by atoms with Crippen molar-refractivity contribution in [3.05, 3.63) is 0 Å². The normalized spacial score (nSPS) is 14.2. The highest BCUT2D eigenvalue weighted by molar-refractivity contribution is 4.59. The second-order valence-electron chi connectivity index (χ2n) is 4.29. The molecule has 0 aliphatic carbocycles. The Hall–Kier alpha value is -0.0800. The summed E-state index contributed by atoms with van der Waals surface area (Å²) in [5.41, 5.74) is 5.54. The molecule has 0 spiro atoms. The highest BCUT2D eigenvalue weighted by Gasteiger charge is 2.04. The summed E-state index contributed by atoms with van der Waals surface area (Å²) in [6, 6.07) is 0. The van der Waals surface area contributed by atoms with Crippen LogP contribution in [0.4, 0.5) is 0 Å². The van der Waals surface area contributed by atoms with Gasteiger partial charge < -0.3 is 10.6 Å². The van der Waals surface area contributed by atoms with Crippen LogP contribution in [0.5, 0.6) is 0 Å². The molecule has 12 heavy (non-hydrogen) atoms. The first-order chi connectivity index (χ1) is 5.56. The first kappa shape index (κ1) is 11.9. The Bertz CT molecular complexity index is 102. The van der Waals surface area contributed by atoms with Crippen LogP contribution < -0.4 is 5.73 Å². The van der Waals surface area contributed by atoms with Gasteiger partial charge in [0.1, 0.15) is 0 Å². The van der Waals surface area contributed by atoms with Crippen molar-refractivity contribution in [3.8, 4) is 0 Å². The maximum Gasteiger partial charge on any atom is 0.000133 e. The molecule has 0 saturated heterocycles. The molecule has 74 valence electrons. The summed E-state index contributed by atoms with van der Waals surface area (Å²) < 4.78 is 0. The molecule has 0 aliphatic rings. The predicted molar refractivity (Wildman–Crippen MR) is 55.2 cm³/mol. The maximum absolute atomic E-state index is 5.54. The summed E-state index contributed by atoms with van der Waals surface area (Å²) in [5.74, 6) is 1.43. The van der Waals surface area contributed by atoms with Gasteiger partial charge in [0.05, 0.1) is 0 Å². The van der Waals surface area contributed by atoms with E-state index in [4.69, 9.17) is 5.73 Å². The van der Waals surface area contributed by atoms with Crippen molar-refractivity contribution in [3.63, 3.8) is 0 Å². The third kappa shape index (κ3) is 6.62. The van der Waals surface area contributed by atoms with Gasteiger partial charge in [-0.15, -0.1) is 0 Å². The monoisotopic (exact) mass is 172 g/mol. The van der Waals surface area contributed by atoms with Crippen LogP contribution in [0.2, 0.25) is 0 Å². The van der Waals surface area contributed by atoms with Crippen LogP contribution in [0.15, 0.2) is 0 Å². The minimum atomic E-state index is 0.666. The topological polar surface area (TPSA) is 29.3 Å². The highest BCUT2D eigenvalue weighted by Crippen LogP contribution is 2.02. The van der Waals surface area contributed by atoms with Crippen LogP contribution in [-0.4, -0.2) is 31.6 Å². The van der Waals surface area contributed by atoms with Crippen molar-refractivity contribution in [1.82, 2.24) is 4.90 Å². The lowest BCUT2D eigenvalue weighted by Crippen LogP contribution is -2.26. The molecule has 2 heteroatoms. The van der Waals surface area contributed by atoms with E-state index in [1.54, 1.807) is 0 Å². The quantitative estimate of drug-likeness (QED) is 0.659. The molecule has 0 heterocycles. The average molecular weight is 172 g/mol. The standard InChI is InChI=1S/C10H24N2/c1-9(2)8-12(4)6-5-10(3)7-11/h9-10H,5-8,11H2,1-4H3. The Morgan fingerprint density at radius 2 is 1.83 bits per heavy atom.